The maximum atomic E-state index is 13.0. The van der Waals surface area contributed by atoms with E-state index in [1.54, 1.807) is 22.7 Å². The Balaban J connectivity index is 1.34. The summed E-state index contributed by atoms with van der Waals surface area (Å²) >= 11 is 3.42. The summed E-state index contributed by atoms with van der Waals surface area (Å²) in [5.74, 6) is -0.178. The quantitative estimate of drug-likeness (QED) is 0.691. The number of benzene rings is 1. The number of anilines is 1. The first kappa shape index (κ1) is 15.7. The second-order valence-electron chi connectivity index (χ2n) is 5.90. The number of piperazine rings is 1. The Morgan fingerprint density at radius 3 is 2.50 bits per heavy atom. The Hall–Kier alpha value is -1.76. The summed E-state index contributed by atoms with van der Waals surface area (Å²) in [4.78, 5) is 9.51. The van der Waals surface area contributed by atoms with E-state index in [1.807, 2.05) is 12.1 Å². The Kier molecular flexibility index (Phi) is 4.60. The Morgan fingerprint density at radius 1 is 1.00 bits per heavy atom. The average Bonchev–Trinajstić information content (AvgIpc) is 3.28. The lowest BCUT2D eigenvalue weighted by atomic mass is 10.2. The number of thiophene rings is 1. The van der Waals surface area contributed by atoms with Crippen LogP contribution in [-0.4, -0.2) is 36.1 Å². The fourth-order valence-corrected chi connectivity index (χ4v) is 4.47. The number of thiazole rings is 1. The molecule has 1 saturated heterocycles. The van der Waals surface area contributed by atoms with Crippen molar-refractivity contribution in [3.8, 4) is 10.6 Å². The van der Waals surface area contributed by atoms with Gasteiger partial charge in [0.25, 0.3) is 0 Å². The van der Waals surface area contributed by atoms with Gasteiger partial charge in [0, 0.05) is 54.7 Å². The van der Waals surface area contributed by atoms with Crippen LogP contribution in [0.5, 0.6) is 0 Å². The number of hydrogen-bond acceptors (Lipinski definition) is 5. The highest BCUT2D eigenvalue weighted by Gasteiger charge is 2.18. The largest absolute Gasteiger partial charge is 0.369 e. The van der Waals surface area contributed by atoms with Gasteiger partial charge >= 0.3 is 0 Å². The van der Waals surface area contributed by atoms with Gasteiger partial charge in [-0.1, -0.05) is 0 Å². The number of nitrogens with zero attached hydrogens (tertiary/aromatic N) is 3. The molecule has 0 atom stereocenters. The standard InChI is InChI=1S/C18H18FN3S2/c19-15-1-3-17(4-2-15)22-8-6-21(7-9-22)11-16-13-24-18(20-16)14-5-10-23-12-14/h1-5,10,12-13H,6-9,11H2. The van der Waals surface area contributed by atoms with Crippen LogP contribution in [0.25, 0.3) is 10.6 Å². The molecule has 1 aliphatic rings. The zero-order valence-corrected chi connectivity index (χ0v) is 14.8. The number of hydrogen-bond donors (Lipinski definition) is 0. The van der Waals surface area contributed by atoms with Crippen molar-refractivity contribution in [3.63, 3.8) is 0 Å². The Morgan fingerprint density at radius 2 is 1.79 bits per heavy atom. The molecular weight excluding hydrogens is 341 g/mol. The molecule has 3 heterocycles. The van der Waals surface area contributed by atoms with E-state index in [-0.39, 0.29) is 5.82 Å². The van der Waals surface area contributed by atoms with Crippen molar-refractivity contribution >= 4 is 28.4 Å². The lowest BCUT2D eigenvalue weighted by Crippen LogP contribution is -2.46. The topological polar surface area (TPSA) is 19.4 Å². The zero-order chi connectivity index (χ0) is 16.4. The van der Waals surface area contributed by atoms with E-state index in [9.17, 15) is 4.39 Å². The van der Waals surface area contributed by atoms with E-state index in [4.69, 9.17) is 4.98 Å². The zero-order valence-electron chi connectivity index (χ0n) is 13.2. The molecule has 0 N–H and O–H groups in total. The van der Waals surface area contributed by atoms with Gasteiger partial charge in [-0.2, -0.15) is 11.3 Å². The lowest BCUT2D eigenvalue weighted by molar-refractivity contribution is 0.247. The molecule has 1 aromatic carbocycles. The molecule has 0 amide bonds. The maximum Gasteiger partial charge on any atom is 0.124 e. The van der Waals surface area contributed by atoms with Crippen molar-refractivity contribution in [2.75, 3.05) is 31.1 Å². The third kappa shape index (κ3) is 3.50. The number of rotatable bonds is 4. The average molecular weight is 359 g/mol. The molecule has 0 unspecified atom stereocenters. The smallest absolute Gasteiger partial charge is 0.124 e. The molecule has 6 heteroatoms. The third-order valence-electron chi connectivity index (χ3n) is 4.27. The summed E-state index contributed by atoms with van der Waals surface area (Å²) in [5, 5.41) is 7.50. The first-order valence-corrected chi connectivity index (χ1v) is 9.80. The molecule has 0 radical (unpaired) electrons. The molecule has 1 fully saturated rings. The van der Waals surface area contributed by atoms with Crippen LogP contribution in [0.2, 0.25) is 0 Å². The summed E-state index contributed by atoms with van der Waals surface area (Å²) in [5.41, 5.74) is 3.47. The molecule has 2 aromatic heterocycles. The minimum atomic E-state index is -0.178. The fourth-order valence-electron chi connectivity index (χ4n) is 2.94. The van der Waals surface area contributed by atoms with E-state index >= 15 is 0 Å². The third-order valence-corrected chi connectivity index (χ3v) is 5.89. The summed E-state index contributed by atoms with van der Waals surface area (Å²) < 4.78 is 13.0. The highest BCUT2D eigenvalue weighted by atomic mass is 32.1. The minimum Gasteiger partial charge on any atom is -0.369 e. The van der Waals surface area contributed by atoms with E-state index in [0.717, 1.165) is 49.1 Å². The van der Waals surface area contributed by atoms with Gasteiger partial charge in [-0.15, -0.1) is 11.3 Å². The summed E-state index contributed by atoms with van der Waals surface area (Å²) in [6.07, 6.45) is 0. The number of aromatic nitrogens is 1. The van der Waals surface area contributed by atoms with Crippen LogP contribution in [-0.2, 0) is 6.54 Å². The van der Waals surface area contributed by atoms with Crippen molar-refractivity contribution in [1.82, 2.24) is 9.88 Å². The molecule has 4 rings (SSSR count). The van der Waals surface area contributed by atoms with Crippen LogP contribution in [0.3, 0.4) is 0 Å². The van der Waals surface area contributed by atoms with Gasteiger partial charge < -0.3 is 4.90 Å². The number of halogens is 1. The molecule has 3 aromatic rings. The van der Waals surface area contributed by atoms with Crippen LogP contribution in [0.15, 0.2) is 46.5 Å². The monoisotopic (exact) mass is 359 g/mol. The summed E-state index contributed by atoms with van der Waals surface area (Å²) in [6.45, 7) is 4.84. The van der Waals surface area contributed by atoms with Crippen molar-refractivity contribution in [2.24, 2.45) is 0 Å². The molecule has 124 valence electrons. The lowest BCUT2D eigenvalue weighted by Gasteiger charge is -2.35. The SMILES string of the molecule is Fc1ccc(N2CCN(Cc3csc(-c4ccsc4)n3)CC2)cc1. The predicted molar refractivity (Wildman–Crippen MR) is 99.3 cm³/mol. The molecule has 1 aliphatic heterocycles. The molecule has 0 saturated carbocycles. The molecule has 24 heavy (non-hydrogen) atoms. The van der Waals surface area contributed by atoms with Crippen LogP contribution in [0.1, 0.15) is 5.69 Å². The van der Waals surface area contributed by atoms with Gasteiger partial charge in [-0.25, -0.2) is 9.37 Å². The van der Waals surface area contributed by atoms with Gasteiger partial charge in [0.05, 0.1) is 5.69 Å². The summed E-state index contributed by atoms with van der Waals surface area (Å²) in [7, 11) is 0. The minimum absolute atomic E-state index is 0.178. The second kappa shape index (κ2) is 7.01. The summed E-state index contributed by atoms with van der Waals surface area (Å²) in [6, 6.07) is 8.90. The Bertz CT molecular complexity index is 775. The van der Waals surface area contributed by atoms with E-state index in [0.29, 0.717) is 0 Å². The van der Waals surface area contributed by atoms with E-state index in [1.165, 1.54) is 17.7 Å². The van der Waals surface area contributed by atoms with Crippen molar-refractivity contribution in [3.05, 3.63) is 58.0 Å². The normalized spacial score (nSPS) is 15.8. The predicted octanol–water partition coefficient (Wildman–Crippen LogP) is 4.33. The van der Waals surface area contributed by atoms with Crippen LogP contribution in [0, 0.1) is 5.82 Å². The molecular formula is C18H18FN3S2. The first-order valence-electron chi connectivity index (χ1n) is 7.98. The van der Waals surface area contributed by atoms with Gasteiger partial charge in [0.1, 0.15) is 10.8 Å². The van der Waals surface area contributed by atoms with Gasteiger partial charge in [0.2, 0.25) is 0 Å². The van der Waals surface area contributed by atoms with Gasteiger partial charge in [0.15, 0.2) is 0 Å². The maximum absolute atomic E-state index is 13.0. The van der Waals surface area contributed by atoms with Crippen molar-refractivity contribution in [2.45, 2.75) is 6.54 Å². The fraction of sp³-hybridized carbons (Fsp3) is 0.278. The molecule has 0 bridgehead atoms. The van der Waals surface area contributed by atoms with Crippen molar-refractivity contribution < 1.29 is 4.39 Å². The van der Waals surface area contributed by atoms with Crippen LogP contribution >= 0.6 is 22.7 Å². The van der Waals surface area contributed by atoms with Crippen LogP contribution in [0.4, 0.5) is 10.1 Å². The molecule has 0 aliphatic carbocycles. The molecule has 3 nitrogen and oxygen atoms in total. The Labute approximate surface area is 149 Å². The molecule has 0 spiro atoms. The van der Waals surface area contributed by atoms with E-state index < -0.39 is 0 Å². The second-order valence-corrected chi connectivity index (χ2v) is 7.53. The van der Waals surface area contributed by atoms with Crippen LogP contribution < -0.4 is 4.90 Å². The van der Waals surface area contributed by atoms with Gasteiger partial charge in [-0.3, -0.25) is 4.90 Å². The highest BCUT2D eigenvalue weighted by molar-refractivity contribution is 7.14. The van der Waals surface area contributed by atoms with E-state index in [2.05, 4.69) is 32.0 Å². The van der Waals surface area contributed by atoms with Gasteiger partial charge in [-0.05, 0) is 35.7 Å². The highest BCUT2D eigenvalue weighted by Crippen LogP contribution is 2.26. The van der Waals surface area contributed by atoms with Crippen molar-refractivity contribution in [1.29, 1.82) is 0 Å². The first-order chi connectivity index (χ1) is 11.8.